The number of amides is 3. The van der Waals surface area contributed by atoms with Crippen LogP contribution in [-0.4, -0.2) is 69.9 Å². The lowest BCUT2D eigenvalue weighted by atomic mass is 10.0. The number of nitrogens with one attached hydrogen (secondary N) is 3. The van der Waals surface area contributed by atoms with E-state index in [2.05, 4.69) is 28.6 Å². The van der Waals surface area contributed by atoms with Gasteiger partial charge in [0.1, 0.15) is 24.2 Å². The summed E-state index contributed by atoms with van der Waals surface area (Å²) < 4.78 is 0. The molecule has 0 bridgehead atoms. The van der Waals surface area contributed by atoms with E-state index < -0.39 is 54.0 Å². The highest BCUT2D eigenvalue weighted by Gasteiger charge is 2.32. The van der Waals surface area contributed by atoms with Crippen LogP contribution in [0.2, 0.25) is 0 Å². The zero-order valence-corrected chi connectivity index (χ0v) is 19.2. The van der Waals surface area contributed by atoms with E-state index in [1.165, 1.54) is 6.92 Å². The van der Waals surface area contributed by atoms with Crippen molar-refractivity contribution in [1.29, 1.82) is 0 Å². The van der Waals surface area contributed by atoms with Crippen molar-refractivity contribution < 1.29 is 29.4 Å². The third-order valence-corrected chi connectivity index (χ3v) is 5.15. The number of carboxylic acid groups (broad SMARTS) is 1. The molecule has 178 valence electrons. The molecule has 0 heterocycles. The van der Waals surface area contributed by atoms with Crippen molar-refractivity contribution in [3.63, 3.8) is 0 Å². The average Bonchev–Trinajstić information content (AvgIpc) is 2.74. The SMILES string of the molecule is CC(C)C(NC(=O)C(Cc1ccccc1)NC(=O)C(N)C(C)O)C(=O)NC(CS)C(=O)O. The van der Waals surface area contributed by atoms with E-state index in [9.17, 15) is 24.3 Å². The Morgan fingerprint density at radius 2 is 1.50 bits per heavy atom. The van der Waals surface area contributed by atoms with Gasteiger partial charge in [-0.2, -0.15) is 12.6 Å². The smallest absolute Gasteiger partial charge is 0.327 e. The molecule has 7 N–H and O–H groups in total. The topological polar surface area (TPSA) is 171 Å². The number of hydrogen-bond donors (Lipinski definition) is 7. The molecule has 32 heavy (non-hydrogen) atoms. The predicted molar refractivity (Wildman–Crippen MR) is 122 cm³/mol. The third-order valence-electron chi connectivity index (χ3n) is 4.78. The maximum Gasteiger partial charge on any atom is 0.327 e. The number of aliphatic carboxylic acids is 1. The van der Waals surface area contributed by atoms with Gasteiger partial charge < -0.3 is 31.9 Å². The van der Waals surface area contributed by atoms with Gasteiger partial charge in [0, 0.05) is 12.2 Å². The molecule has 1 aromatic carbocycles. The molecule has 0 aliphatic heterocycles. The lowest BCUT2D eigenvalue weighted by molar-refractivity contribution is -0.142. The molecule has 0 saturated heterocycles. The minimum absolute atomic E-state index is 0.117. The summed E-state index contributed by atoms with van der Waals surface area (Å²) in [4.78, 5) is 49.2. The number of hydrogen-bond acceptors (Lipinski definition) is 7. The maximum absolute atomic E-state index is 13.0. The highest BCUT2D eigenvalue weighted by Crippen LogP contribution is 2.08. The molecule has 5 atom stereocenters. The molecular weight excluding hydrogens is 436 g/mol. The van der Waals surface area contributed by atoms with Crippen molar-refractivity contribution in [2.45, 2.75) is 57.5 Å². The molecule has 3 amide bonds. The Morgan fingerprint density at radius 3 is 1.97 bits per heavy atom. The van der Waals surface area contributed by atoms with Crippen LogP contribution in [0.3, 0.4) is 0 Å². The molecule has 0 aliphatic carbocycles. The molecule has 0 radical (unpaired) electrons. The predicted octanol–water partition coefficient (Wildman–Crippen LogP) is -0.938. The van der Waals surface area contributed by atoms with Gasteiger partial charge in [0.25, 0.3) is 0 Å². The highest BCUT2D eigenvalue weighted by atomic mass is 32.1. The van der Waals surface area contributed by atoms with E-state index in [1.807, 2.05) is 0 Å². The van der Waals surface area contributed by atoms with Gasteiger partial charge in [-0.05, 0) is 18.4 Å². The second-order valence-corrected chi connectivity index (χ2v) is 8.19. The quantitative estimate of drug-likeness (QED) is 0.194. The van der Waals surface area contributed by atoms with Gasteiger partial charge in [-0.25, -0.2) is 4.79 Å². The summed E-state index contributed by atoms with van der Waals surface area (Å²) in [6.07, 6.45) is -1.01. The fourth-order valence-electron chi connectivity index (χ4n) is 2.78. The normalized spacial score (nSPS) is 15.7. The second-order valence-electron chi connectivity index (χ2n) is 7.83. The molecule has 5 unspecified atom stereocenters. The number of carbonyl (C=O) groups is 4. The van der Waals surface area contributed by atoms with Crippen LogP contribution in [-0.2, 0) is 25.6 Å². The zero-order valence-electron chi connectivity index (χ0n) is 18.3. The van der Waals surface area contributed by atoms with Crippen LogP contribution in [0.15, 0.2) is 30.3 Å². The first-order valence-electron chi connectivity index (χ1n) is 10.2. The summed E-state index contributed by atoms with van der Waals surface area (Å²) in [6, 6.07) is 4.33. The van der Waals surface area contributed by atoms with Crippen molar-refractivity contribution in [2.24, 2.45) is 11.7 Å². The molecule has 1 aromatic rings. The first-order valence-corrected chi connectivity index (χ1v) is 10.8. The van der Waals surface area contributed by atoms with Crippen LogP contribution in [0.4, 0.5) is 0 Å². The summed E-state index contributed by atoms with van der Waals surface area (Å²) in [5.41, 5.74) is 6.43. The summed E-state index contributed by atoms with van der Waals surface area (Å²) >= 11 is 3.92. The third kappa shape index (κ3) is 8.48. The van der Waals surface area contributed by atoms with Crippen LogP contribution in [0.25, 0.3) is 0 Å². The number of carbonyl (C=O) groups excluding carboxylic acids is 3. The first-order chi connectivity index (χ1) is 15.0. The zero-order chi connectivity index (χ0) is 24.4. The van der Waals surface area contributed by atoms with Gasteiger partial charge in [0.15, 0.2) is 0 Å². The molecule has 0 saturated carbocycles. The summed E-state index contributed by atoms with van der Waals surface area (Å²) in [6.45, 7) is 4.74. The maximum atomic E-state index is 13.0. The van der Waals surface area contributed by atoms with Crippen LogP contribution in [0.1, 0.15) is 26.3 Å². The minimum Gasteiger partial charge on any atom is -0.480 e. The van der Waals surface area contributed by atoms with Gasteiger partial charge >= 0.3 is 5.97 Å². The standard InChI is InChI=1S/C21H32N4O6S/c1-11(2)17(20(29)24-15(10-32)21(30)31)25-18(27)14(9-13-7-5-4-6-8-13)23-19(28)16(22)12(3)26/h4-8,11-12,14-17,26,32H,9-10,22H2,1-3H3,(H,23,28)(H,24,29)(H,25,27)(H,30,31). The monoisotopic (exact) mass is 468 g/mol. The van der Waals surface area contributed by atoms with Crippen LogP contribution in [0.5, 0.6) is 0 Å². The molecule has 0 fully saturated rings. The number of benzene rings is 1. The molecule has 0 spiro atoms. The van der Waals surface area contributed by atoms with Gasteiger partial charge in [-0.1, -0.05) is 44.2 Å². The Labute approximate surface area is 192 Å². The Bertz CT molecular complexity index is 790. The number of thiol groups is 1. The highest BCUT2D eigenvalue weighted by molar-refractivity contribution is 7.80. The van der Waals surface area contributed by atoms with Gasteiger partial charge in [0.2, 0.25) is 17.7 Å². The first kappa shape index (κ1) is 27.4. The van der Waals surface area contributed by atoms with Crippen molar-refractivity contribution >= 4 is 36.3 Å². The largest absolute Gasteiger partial charge is 0.480 e. The Morgan fingerprint density at radius 1 is 0.938 bits per heavy atom. The van der Waals surface area contributed by atoms with Crippen LogP contribution in [0, 0.1) is 5.92 Å². The lowest BCUT2D eigenvalue weighted by Gasteiger charge is -2.27. The molecule has 1 rings (SSSR count). The molecular formula is C21H32N4O6S. The lowest BCUT2D eigenvalue weighted by Crippen LogP contribution is -2.59. The molecule has 10 nitrogen and oxygen atoms in total. The summed E-state index contributed by atoms with van der Waals surface area (Å²) in [7, 11) is 0. The van der Waals surface area contributed by atoms with E-state index in [-0.39, 0.29) is 18.1 Å². The van der Waals surface area contributed by atoms with Crippen LogP contribution < -0.4 is 21.7 Å². The number of carboxylic acids is 1. The number of nitrogens with two attached hydrogens (primary N) is 1. The van der Waals surface area contributed by atoms with Gasteiger partial charge in [0.05, 0.1) is 6.10 Å². The number of rotatable bonds is 12. The van der Waals surface area contributed by atoms with Gasteiger partial charge in [-0.3, -0.25) is 14.4 Å². The van der Waals surface area contributed by atoms with Crippen molar-refractivity contribution in [3.8, 4) is 0 Å². The second kappa shape index (κ2) is 13.0. The van der Waals surface area contributed by atoms with Crippen molar-refractivity contribution in [1.82, 2.24) is 16.0 Å². The Hall–Kier alpha value is -2.63. The fourth-order valence-corrected chi connectivity index (χ4v) is 3.03. The molecule has 0 aliphatic rings. The Kier molecular flexibility index (Phi) is 11.2. The summed E-state index contributed by atoms with van der Waals surface area (Å²) in [5, 5.41) is 26.2. The van der Waals surface area contributed by atoms with Crippen molar-refractivity contribution in [3.05, 3.63) is 35.9 Å². The van der Waals surface area contributed by atoms with E-state index in [4.69, 9.17) is 10.8 Å². The summed E-state index contributed by atoms with van der Waals surface area (Å²) in [5.74, 6) is -3.79. The number of aliphatic hydroxyl groups is 1. The average molecular weight is 469 g/mol. The van der Waals surface area contributed by atoms with E-state index in [1.54, 1.807) is 44.2 Å². The number of aliphatic hydroxyl groups excluding tert-OH is 1. The fraction of sp³-hybridized carbons (Fsp3) is 0.524. The Balaban J connectivity index is 3.05. The minimum atomic E-state index is -1.25. The molecule has 11 heteroatoms. The van der Waals surface area contributed by atoms with Crippen LogP contribution >= 0.6 is 12.6 Å². The van der Waals surface area contributed by atoms with E-state index in [0.717, 1.165) is 5.56 Å². The van der Waals surface area contributed by atoms with Crippen molar-refractivity contribution in [2.75, 3.05) is 5.75 Å². The molecule has 0 aromatic heterocycles. The van der Waals surface area contributed by atoms with E-state index in [0.29, 0.717) is 0 Å². The van der Waals surface area contributed by atoms with Gasteiger partial charge in [-0.15, -0.1) is 0 Å². The van der Waals surface area contributed by atoms with E-state index >= 15 is 0 Å².